The first-order chi connectivity index (χ1) is 9.69. The van der Waals surface area contributed by atoms with E-state index in [4.69, 9.17) is 0 Å². The predicted octanol–water partition coefficient (Wildman–Crippen LogP) is 2.64. The Morgan fingerprint density at radius 3 is 2.55 bits per heavy atom. The molecule has 0 aromatic carbocycles. The van der Waals surface area contributed by atoms with Crippen molar-refractivity contribution < 1.29 is 5.11 Å². The topological polar surface area (TPSA) is 35.5 Å². The number of aliphatic hydroxyl groups excluding tert-OH is 1. The lowest BCUT2D eigenvalue weighted by Gasteiger charge is -2.36. The zero-order valence-electron chi connectivity index (χ0n) is 13.5. The molecule has 20 heavy (non-hydrogen) atoms. The van der Waals surface area contributed by atoms with Crippen LogP contribution in [0.1, 0.15) is 58.3 Å². The van der Waals surface area contributed by atoms with E-state index < -0.39 is 0 Å². The van der Waals surface area contributed by atoms with Crippen molar-refractivity contribution in [3.63, 3.8) is 0 Å². The first kappa shape index (κ1) is 16.3. The number of aliphatic hydroxyl groups is 1. The van der Waals surface area contributed by atoms with Gasteiger partial charge in [0.05, 0.1) is 6.10 Å². The van der Waals surface area contributed by atoms with Crippen LogP contribution in [0.25, 0.3) is 0 Å². The van der Waals surface area contributed by atoms with E-state index in [1.54, 1.807) is 0 Å². The van der Waals surface area contributed by atoms with Crippen molar-refractivity contribution in [3.8, 4) is 0 Å². The van der Waals surface area contributed by atoms with E-state index >= 15 is 0 Å². The monoisotopic (exact) mass is 282 g/mol. The van der Waals surface area contributed by atoms with Gasteiger partial charge in [-0.3, -0.25) is 0 Å². The minimum atomic E-state index is -0.00903. The smallest absolute Gasteiger partial charge is 0.0546 e. The van der Waals surface area contributed by atoms with Crippen LogP contribution in [0, 0.1) is 11.8 Å². The van der Waals surface area contributed by atoms with Crippen LogP contribution in [0.3, 0.4) is 0 Å². The first-order valence-electron chi connectivity index (χ1n) is 8.79. The van der Waals surface area contributed by atoms with Crippen LogP contribution >= 0.6 is 0 Å². The fourth-order valence-corrected chi connectivity index (χ4v) is 3.97. The first-order valence-corrected chi connectivity index (χ1v) is 8.79. The molecule has 0 heterocycles. The van der Waals surface area contributed by atoms with Gasteiger partial charge in [0.2, 0.25) is 0 Å². The molecule has 2 atom stereocenters. The average Bonchev–Trinajstić information content (AvgIpc) is 2.60. The van der Waals surface area contributed by atoms with Gasteiger partial charge in [0.1, 0.15) is 0 Å². The Hall–Kier alpha value is -0.120. The van der Waals surface area contributed by atoms with Crippen molar-refractivity contribution >= 4 is 0 Å². The summed E-state index contributed by atoms with van der Waals surface area (Å²) in [5, 5.41) is 13.2. The van der Waals surface area contributed by atoms with Crippen LogP contribution in [0.5, 0.6) is 0 Å². The average molecular weight is 282 g/mol. The summed E-state index contributed by atoms with van der Waals surface area (Å²) in [5.74, 6) is 1.56. The molecule has 2 fully saturated rings. The van der Waals surface area contributed by atoms with Gasteiger partial charge in [0, 0.05) is 19.1 Å². The van der Waals surface area contributed by atoms with Crippen molar-refractivity contribution in [2.75, 3.05) is 26.7 Å². The molecular formula is C17H34N2O. The lowest BCUT2D eigenvalue weighted by molar-refractivity contribution is 0.0253. The molecule has 2 N–H and O–H groups in total. The van der Waals surface area contributed by atoms with E-state index in [1.807, 2.05) is 0 Å². The molecule has 0 saturated heterocycles. The van der Waals surface area contributed by atoms with Gasteiger partial charge >= 0.3 is 0 Å². The number of nitrogens with zero attached hydrogens (tertiary/aromatic N) is 1. The summed E-state index contributed by atoms with van der Waals surface area (Å²) >= 11 is 0. The third-order valence-corrected chi connectivity index (χ3v) is 5.14. The van der Waals surface area contributed by atoms with Gasteiger partial charge < -0.3 is 15.3 Å². The van der Waals surface area contributed by atoms with Crippen molar-refractivity contribution in [2.24, 2.45) is 11.8 Å². The molecule has 2 rings (SSSR count). The maximum Gasteiger partial charge on any atom is 0.0546 e. The molecule has 2 aliphatic rings. The van der Waals surface area contributed by atoms with Crippen LogP contribution in [0.15, 0.2) is 0 Å². The lowest BCUT2D eigenvalue weighted by Crippen LogP contribution is -2.44. The minimum Gasteiger partial charge on any atom is -0.393 e. The van der Waals surface area contributed by atoms with Crippen molar-refractivity contribution in [2.45, 2.75) is 70.4 Å². The van der Waals surface area contributed by atoms with E-state index in [1.165, 1.54) is 58.2 Å². The van der Waals surface area contributed by atoms with Gasteiger partial charge in [0.15, 0.2) is 0 Å². The second-order valence-corrected chi connectivity index (χ2v) is 7.17. The quantitative estimate of drug-likeness (QED) is 0.705. The van der Waals surface area contributed by atoms with Crippen molar-refractivity contribution in [1.29, 1.82) is 0 Å². The lowest BCUT2D eigenvalue weighted by atomic mass is 9.82. The third-order valence-electron chi connectivity index (χ3n) is 5.14. The summed E-state index contributed by atoms with van der Waals surface area (Å²) in [6, 6.07) is 0.729. The zero-order chi connectivity index (χ0) is 14.4. The van der Waals surface area contributed by atoms with E-state index in [0.717, 1.165) is 30.7 Å². The Balaban J connectivity index is 1.76. The minimum absolute atomic E-state index is 0.00903. The molecule has 0 aromatic heterocycles. The van der Waals surface area contributed by atoms with Gasteiger partial charge in [-0.15, -0.1) is 0 Å². The molecule has 0 radical (unpaired) electrons. The van der Waals surface area contributed by atoms with Gasteiger partial charge in [0.25, 0.3) is 0 Å². The Morgan fingerprint density at radius 2 is 1.85 bits per heavy atom. The van der Waals surface area contributed by atoms with Gasteiger partial charge in [-0.1, -0.05) is 26.2 Å². The maximum atomic E-state index is 9.40. The van der Waals surface area contributed by atoms with Gasteiger partial charge in [-0.05, 0) is 57.5 Å². The zero-order valence-corrected chi connectivity index (χ0v) is 13.5. The molecule has 0 bridgehead atoms. The fraction of sp³-hybridized carbons (Fsp3) is 1.00. The Bertz CT molecular complexity index is 266. The van der Waals surface area contributed by atoms with Crippen LogP contribution in [0.4, 0.5) is 0 Å². The highest BCUT2D eigenvalue weighted by atomic mass is 16.3. The van der Waals surface area contributed by atoms with E-state index in [0.29, 0.717) is 0 Å². The molecule has 0 amide bonds. The van der Waals surface area contributed by atoms with Crippen LogP contribution in [0.2, 0.25) is 0 Å². The van der Waals surface area contributed by atoms with Gasteiger partial charge in [-0.2, -0.15) is 0 Å². The summed E-state index contributed by atoms with van der Waals surface area (Å²) in [6.07, 6.45) is 10.2. The normalized spacial score (nSPS) is 34.8. The molecule has 2 unspecified atom stereocenters. The molecule has 0 aliphatic heterocycles. The Kier molecular flexibility index (Phi) is 6.79. The Labute approximate surface area is 125 Å². The molecule has 2 aliphatic carbocycles. The van der Waals surface area contributed by atoms with Crippen LogP contribution in [-0.4, -0.2) is 48.8 Å². The predicted molar refractivity (Wildman–Crippen MR) is 84.9 cm³/mol. The summed E-state index contributed by atoms with van der Waals surface area (Å²) in [7, 11) is 2.27. The summed E-state index contributed by atoms with van der Waals surface area (Å²) in [5.41, 5.74) is 0. The molecule has 0 spiro atoms. The van der Waals surface area contributed by atoms with Gasteiger partial charge in [-0.25, -0.2) is 0 Å². The van der Waals surface area contributed by atoms with Crippen molar-refractivity contribution in [1.82, 2.24) is 10.2 Å². The maximum absolute atomic E-state index is 9.40. The molecular weight excluding hydrogens is 248 g/mol. The highest BCUT2D eigenvalue weighted by Gasteiger charge is 2.29. The molecule has 118 valence electrons. The SMILES string of the molecule is CCCNC1CCCCCC1CN(C)CC1CC(O)C1. The second kappa shape index (κ2) is 8.35. The third kappa shape index (κ3) is 5.01. The number of hydrogen-bond acceptors (Lipinski definition) is 3. The standard InChI is InChI=1S/C17H34N2O/c1-3-9-18-17-8-6-4-5-7-15(17)13-19(2)12-14-10-16(20)11-14/h14-18,20H,3-13H2,1-2H3. The van der Waals surface area contributed by atoms with E-state index in [9.17, 15) is 5.11 Å². The van der Waals surface area contributed by atoms with Crippen molar-refractivity contribution in [3.05, 3.63) is 0 Å². The summed E-state index contributed by atoms with van der Waals surface area (Å²) in [6.45, 7) is 5.83. The van der Waals surface area contributed by atoms with Crippen LogP contribution < -0.4 is 5.32 Å². The largest absolute Gasteiger partial charge is 0.393 e. The fourth-order valence-electron chi connectivity index (χ4n) is 3.97. The molecule has 3 heteroatoms. The highest BCUT2D eigenvalue weighted by molar-refractivity contribution is 4.84. The number of hydrogen-bond donors (Lipinski definition) is 2. The van der Waals surface area contributed by atoms with E-state index in [-0.39, 0.29) is 6.10 Å². The number of rotatable bonds is 7. The number of nitrogens with one attached hydrogen (secondary N) is 1. The summed E-state index contributed by atoms with van der Waals surface area (Å²) in [4.78, 5) is 2.52. The second-order valence-electron chi connectivity index (χ2n) is 7.17. The van der Waals surface area contributed by atoms with Crippen LogP contribution in [-0.2, 0) is 0 Å². The highest BCUT2D eigenvalue weighted by Crippen LogP contribution is 2.29. The summed E-state index contributed by atoms with van der Waals surface area (Å²) < 4.78 is 0. The molecule has 0 aromatic rings. The molecule has 3 nitrogen and oxygen atoms in total. The van der Waals surface area contributed by atoms with E-state index in [2.05, 4.69) is 24.2 Å². The molecule has 2 saturated carbocycles. The Morgan fingerprint density at radius 1 is 1.10 bits per heavy atom.